The van der Waals surface area contributed by atoms with Crippen molar-refractivity contribution in [2.24, 2.45) is 0 Å². The first kappa shape index (κ1) is 13.9. The van der Waals surface area contributed by atoms with E-state index in [1.54, 1.807) is 7.11 Å². The summed E-state index contributed by atoms with van der Waals surface area (Å²) in [6.07, 6.45) is 1.10. The highest BCUT2D eigenvalue weighted by molar-refractivity contribution is 4.75. The fourth-order valence-electron chi connectivity index (χ4n) is 2.04. The molecule has 1 unspecified atom stereocenters. The Hall–Kier alpha value is -0.160. The molecular weight excluding hydrogens is 202 g/mol. The second-order valence-electron chi connectivity index (χ2n) is 4.74. The third kappa shape index (κ3) is 5.25. The van der Waals surface area contributed by atoms with Crippen molar-refractivity contribution in [3.8, 4) is 0 Å². The predicted molar refractivity (Wildman–Crippen MR) is 67.9 cm³/mol. The lowest BCUT2D eigenvalue weighted by Crippen LogP contribution is -2.50. The number of likely N-dealkylation sites (N-methyl/N-ethyl adjacent to an activating group) is 1. The molecule has 1 rings (SSSR count). The van der Waals surface area contributed by atoms with Gasteiger partial charge >= 0.3 is 0 Å². The second kappa shape index (κ2) is 8.01. The van der Waals surface area contributed by atoms with Crippen LogP contribution in [0.5, 0.6) is 0 Å². The summed E-state index contributed by atoms with van der Waals surface area (Å²) in [5, 5.41) is 3.49. The van der Waals surface area contributed by atoms with Crippen LogP contribution in [-0.2, 0) is 4.74 Å². The zero-order valence-electron chi connectivity index (χ0n) is 11.0. The molecule has 0 amide bonds. The van der Waals surface area contributed by atoms with Crippen molar-refractivity contribution in [1.82, 2.24) is 15.1 Å². The highest BCUT2D eigenvalue weighted by atomic mass is 16.5. The number of hydrogen-bond donors (Lipinski definition) is 1. The van der Waals surface area contributed by atoms with Crippen LogP contribution in [0.3, 0.4) is 0 Å². The molecule has 0 radical (unpaired) electrons. The first-order valence-electron chi connectivity index (χ1n) is 6.36. The third-order valence-electron chi connectivity index (χ3n) is 3.30. The lowest BCUT2D eigenvalue weighted by Gasteiger charge is -2.36. The molecule has 0 aliphatic carbocycles. The molecular formula is C12H27N3O. The minimum absolute atomic E-state index is 0.649. The van der Waals surface area contributed by atoms with Crippen molar-refractivity contribution in [2.75, 3.05) is 60.0 Å². The van der Waals surface area contributed by atoms with Gasteiger partial charge in [0, 0.05) is 52.5 Å². The first-order valence-corrected chi connectivity index (χ1v) is 6.36. The van der Waals surface area contributed by atoms with Gasteiger partial charge in [0.05, 0.1) is 0 Å². The van der Waals surface area contributed by atoms with Crippen molar-refractivity contribution < 1.29 is 4.74 Å². The van der Waals surface area contributed by atoms with Crippen molar-refractivity contribution in [3.05, 3.63) is 0 Å². The summed E-state index contributed by atoms with van der Waals surface area (Å²) >= 11 is 0. The molecule has 1 aliphatic heterocycles. The average molecular weight is 229 g/mol. The van der Waals surface area contributed by atoms with Gasteiger partial charge in [0.1, 0.15) is 0 Å². The summed E-state index contributed by atoms with van der Waals surface area (Å²) < 4.78 is 5.02. The summed E-state index contributed by atoms with van der Waals surface area (Å²) in [7, 11) is 3.96. The van der Waals surface area contributed by atoms with E-state index in [1.807, 2.05) is 0 Å². The Labute approximate surface area is 99.9 Å². The van der Waals surface area contributed by atoms with Crippen LogP contribution in [0.2, 0.25) is 0 Å². The van der Waals surface area contributed by atoms with Gasteiger partial charge in [-0.15, -0.1) is 0 Å². The Morgan fingerprint density at radius 2 is 1.94 bits per heavy atom. The molecule has 1 aliphatic rings. The van der Waals surface area contributed by atoms with E-state index in [1.165, 1.54) is 26.2 Å². The first-order chi connectivity index (χ1) is 7.74. The van der Waals surface area contributed by atoms with E-state index in [0.29, 0.717) is 6.04 Å². The molecule has 1 heterocycles. The van der Waals surface area contributed by atoms with Gasteiger partial charge in [-0.3, -0.25) is 4.90 Å². The molecule has 0 aromatic rings. The van der Waals surface area contributed by atoms with E-state index >= 15 is 0 Å². The minimum Gasteiger partial charge on any atom is -0.385 e. The van der Waals surface area contributed by atoms with E-state index in [-0.39, 0.29) is 0 Å². The zero-order chi connectivity index (χ0) is 11.8. The molecule has 1 N–H and O–H groups in total. The van der Waals surface area contributed by atoms with Crippen LogP contribution in [0, 0.1) is 0 Å². The number of rotatable bonds is 7. The fraction of sp³-hybridized carbons (Fsp3) is 1.00. The van der Waals surface area contributed by atoms with E-state index in [2.05, 4.69) is 29.1 Å². The van der Waals surface area contributed by atoms with Gasteiger partial charge in [0.15, 0.2) is 0 Å². The number of piperazine rings is 1. The fourth-order valence-corrected chi connectivity index (χ4v) is 2.04. The van der Waals surface area contributed by atoms with Crippen molar-refractivity contribution >= 4 is 0 Å². The smallest absolute Gasteiger partial charge is 0.0474 e. The molecule has 1 atom stereocenters. The van der Waals surface area contributed by atoms with Crippen LogP contribution in [0.15, 0.2) is 0 Å². The molecule has 0 saturated carbocycles. The van der Waals surface area contributed by atoms with Gasteiger partial charge in [-0.2, -0.15) is 0 Å². The average Bonchev–Trinajstić information content (AvgIpc) is 2.29. The van der Waals surface area contributed by atoms with Crippen LogP contribution < -0.4 is 5.32 Å². The molecule has 1 fully saturated rings. The standard InChI is InChI=1S/C12H27N3O/c1-12(11-13-5-4-10-16-3)15-8-6-14(2)7-9-15/h12-13H,4-11H2,1-3H3. The van der Waals surface area contributed by atoms with E-state index in [4.69, 9.17) is 4.74 Å². The monoisotopic (exact) mass is 229 g/mol. The predicted octanol–water partition coefficient (Wildman–Crippen LogP) is 0.248. The van der Waals surface area contributed by atoms with Gasteiger partial charge in [0.2, 0.25) is 0 Å². The maximum atomic E-state index is 5.02. The van der Waals surface area contributed by atoms with Crippen molar-refractivity contribution in [1.29, 1.82) is 0 Å². The van der Waals surface area contributed by atoms with Crippen LogP contribution in [0.4, 0.5) is 0 Å². The molecule has 4 heteroatoms. The zero-order valence-corrected chi connectivity index (χ0v) is 11.0. The molecule has 96 valence electrons. The quantitative estimate of drug-likeness (QED) is 0.633. The third-order valence-corrected chi connectivity index (χ3v) is 3.30. The highest BCUT2D eigenvalue weighted by Crippen LogP contribution is 2.03. The Kier molecular flexibility index (Phi) is 6.96. The molecule has 1 saturated heterocycles. The number of nitrogens with one attached hydrogen (secondary N) is 1. The number of ether oxygens (including phenoxy) is 1. The summed E-state index contributed by atoms with van der Waals surface area (Å²) in [6.45, 7) is 10.1. The molecule has 0 aromatic heterocycles. The van der Waals surface area contributed by atoms with E-state index in [9.17, 15) is 0 Å². The highest BCUT2D eigenvalue weighted by Gasteiger charge is 2.18. The molecule has 16 heavy (non-hydrogen) atoms. The normalized spacial score (nSPS) is 21.2. The number of hydrogen-bond acceptors (Lipinski definition) is 4. The second-order valence-corrected chi connectivity index (χ2v) is 4.74. The largest absolute Gasteiger partial charge is 0.385 e. The Bertz CT molecular complexity index is 170. The van der Waals surface area contributed by atoms with Gasteiger partial charge in [-0.1, -0.05) is 0 Å². The van der Waals surface area contributed by atoms with E-state index < -0.39 is 0 Å². The number of nitrogens with zero attached hydrogens (tertiary/aromatic N) is 2. The Morgan fingerprint density at radius 3 is 2.56 bits per heavy atom. The molecule has 0 aromatic carbocycles. The van der Waals surface area contributed by atoms with Gasteiger partial charge in [-0.25, -0.2) is 0 Å². The molecule has 0 bridgehead atoms. The Balaban J connectivity index is 2.03. The summed E-state index contributed by atoms with van der Waals surface area (Å²) in [6, 6.07) is 0.649. The van der Waals surface area contributed by atoms with Gasteiger partial charge < -0.3 is 15.0 Å². The molecule has 0 spiro atoms. The maximum Gasteiger partial charge on any atom is 0.0474 e. The Morgan fingerprint density at radius 1 is 1.25 bits per heavy atom. The van der Waals surface area contributed by atoms with Crippen LogP contribution in [-0.4, -0.2) is 75.9 Å². The summed E-state index contributed by atoms with van der Waals surface area (Å²) in [4.78, 5) is 4.97. The van der Waals surface area contributed by atoms with Crippen molar-refractivity contribution in [2.45, 2.75) is 19.4 Å². The summed E-state index contributed by atoms with van der Waals surface area (Å²) in [5.41, 5.74) is 0. The topological polar surface area (TPSA) is 27.7 Å². The lowest BCUT2D eigenvalue weighted by molar-refractivity contribution is 0.117. The molecule has 4 nitrogen and oxygen atoms in total. The van der Waals surface area contributed by atoms with Gasteiger partial charge in [-0.05, 0) is 26.9 Å². The van der Waals surface area contributed by atoms with Crippen molar-refractivity contribution in [3.63, 3.8) is 0 Å². The van der Waals surface area contributed by atoms with E-state index in [0.717, 1.165) is 26.1 Å². The minimum atomic E-state index is 0.649. The maximum absolute atomic E-state index is 5.02. The van der Waals surface area contributed by atoms with Crippen LogP contribution >= 0.6 is 0 Å². The number of methoxy groups -OCH3 is 1. The van der Waals surface area contributed by atoms with Crippen LogP contribution in [0.1, 0.15) is 13.3 Å². The van der Waals surface area contributed by atoms with Gasteiger partial charge in [0.25, 0.3) is 0 Å². The lowest BCUT2D eigenvalue weighted by atomic mass is 10.2. The summed E-state index contributed by atoms with van der Waals surface area (Å²) in [5.74, 6) is 0. The SMILES string of the molecule is COCCCNCC(C)N1CCN(C)CC1. The van der Waals surface area contributed by atoms with Crippen LogP contribution in [0.25, 0.3) is 0 Å².